The van der Waals surface area contributed by atoms with Crippen molar-refractivity contribution in [1.82, 2.24) is 5.32 Å². The second kappa shape index (κ2) is 7.97. The molecule has 1 fully saturated rings. The maximum atomic E-state index is 11.9. The van der Waals surface area contributed by atoms with Gasteiger partial charge in [0.25, 0.3) is 0 Å². The predicted octanol–water partition coefficient (Wildman–Crippen LogP) is 1.86. The van der Waals surface area contributed by atoms with Gasteiger partial charge in [-0.3, -0.25) is 4.79 Å². The number of halogens is 1. The Balaban J connectivity index is 0.00000289. The van der Waals surface area contributed by atoms with Crippen molar-refractivity contribution < 1.29 is 9.53 Å². The fourth-order valence-corrected chi connectivity index (χ4v) is 2.38. The standard InChI is InChI=1S/C13H26N2O2.ClH/c1-10-4-6-13(2,7-5-10)15-12(16)8-11(9-14)17-3;/h10-11H,4-9,14H2,1-3H3,(H,15,16);1H. The van der Waals surface area contributed by atoms with E-state index in [-0.39, 0.29) is 30.0 Å². The highest BCUT2D eigenvalue weighted by Crippen LogP contribution is 2.31. The van der Waals surface area contributed by atoms with Gasteiger partial charge in [-0.05, 0) is 38.5 Å². The molecule has 1 rings (SSSR count). The van der Waals surface area contributed by atoms with Gasteiger partial charge in [0.2, 0.25) is 5.91 Å². The molecule has 4 nitrogen and oxygen atoms in total. The molecule has 0 bridgehead atoms. The number of methoxy groups -OCH3 is 1. The summed E-state index contributed by atoms with van der Waals surface area (Å²) in [4.78, 5) is 11.9. The van der Waals surface area contributed by atoms with Gasteiger partial charge < -0.3 is 15.8 Å². The highest BCUT2D eigenvalue weighted by atomic mass is 35.5. The molecule has 0 spiro atoms. The van der Waals surface area contributed by atoms with Crippen molar-refractivity contribution in [2.75, 3.05) is 13.7 Å². The predicted molar refractivity (Wildman–Crippen MR) is 75.9 cm³/mol. The molecule has 108 valence electrons. The summed E-state index contributed by atoms with van der Waals surface area (Å²) < 4.78 is 5.12. The van der Waals surface area contributed by atoms with Crippen molar-refractivity contribution in [3.05, 3.63) is 0 Å². The first-order chi connectivity index (χ1) is 7.99. The molecule has 1 unspecified atom stereocenters. The van der Waals surface area contributed by atoms with Crippen LogP contribution in [0, 0.1) is 5.92 Å². The number of hydrogen-bond acceptors (Lipinski definition) is 3. The van der Waals surface area contributed by atoms with Crippen LogP contribution in [-0.4, -0.2) is 31.2 Å². The van der Waals surface area contributed by atoms with Crippen LogP contribution in [0.4, 0.5) is 0 Å². The second-order valence-corrected chi connectivity index (χ2v) is 5.59. The molecule has 0 radical (unpaired) electrons. The van der Waals surface area contributed by atoms with E-state index in [1.54, 1.807) is 7.11 Å². The fourth-order valence-electron chi connectivity index (χ4n) is 2.38. The Labute approximate surface area is 116 Å². The SMILES string of the molecule is COC(CN)CC(=O)NC1(C)CCC(C)CC1.Cl. The van der Waals surface area contributed by atoms with Gasteiger partial charge in [0.05, 0.1) is 12.5 Å². The van der Waals surface area contributed by atoms with Crippen LogP contribution < -0.4 is 11.1 Å². The lowest BCUT2D eigenvalue weighted by Crippen LogP contribution is -2.49. The van der Waals surface area contributed by atoms with Crippen molar-refractivity contribution in [1.29, 1.82) is 0 Å². The van der Waals surface area contributed by atoms with E-state index < -0.39 is 0 Å². The van der Waals surface area contributed by atoms with Gasteiger partial charge in [0.15, 0.2) is 0 Å². The summed E-state index contributed by atoms with van der Waals surface area (Å²) in [6.07, 6.45) is 4.72. The summed E-state index contributed by atoms with van der Waals surface area (Å²) >= 11 is 0. The van der Waals surface area contributed by atoms with Crippen LogP contribution in [0.3, 0.4) is 0 Å². The van der Waals surface area contributed by atoms with Crippen LogP contribution in [-0.2, 0) is 9.53 Å². The molecule has 1 saturated carbocycles. The molecule has 3 N–H and O–H groups in total. The Morgan fingerprint density at radius 2 is 2.06 bits per heavy atom. The minimum Gasteiger partial charge on any atom is -0.380 e. The zero-order valence-electron chi connectivity index (χ0n) is 11.7. The summed E-state index contributed by atoms with van der Waals surface area (Å²) in [5.41, 5.74) is 5.48. The van der Waals surface area contributed by atoms with E-state index in [9.17, 15) is 4.79 Å². The summed E-state index contributed by atoms with van der Waals surface area (Å²) in [6.45, 7) is 4.80. The minimum absolute atomic E-state index is 0. The fraction of sp³-hybridized carbons (Fsp3) is 0.923. The third-order valence-corrected chi connectivity index (χ3v) is 3.83. The van der Waals surface area contributed by atoms with E-state index in [4.69, 9.17) is 10.5 Å². The second-order valence-electron chi connectivity index (χ2n) is 5.59. The third kappa shape index (κ3) is 5.55. The van der Waals surface area contributed by atoms with Crippen molar-refractivity contribution in [2.24, 2.45) is 11.7 Å². The molecule has 0 saturated heterocycles. The number of nitrogens with two attached hydrogens (primary N) is 1. The number of amides is 1. The van der Waals surface area contributed by atoms with E-state index in [2.05, 4.69) is 19.2 Å². The van der Waals surface area contributed by atoms with Crippen LogP contribution >= 0.6 is 12.4 Å². The van der Waals surface area contributed by atoms with E-state index in [1.165, 1.54) is 12.8 Å². The topological polar surface area (TPSA) is 64.3 Å². The lowest BCUT2D eigenvalue weighted by atomic mass is 9.78. The van der Waals surface area contributed by atoms with E-state index in [0.29, 0.717) is 13.0 Å². The molecule has 1 aliphatic carbocycles. The summed E-state index contributed by atoms with van der Waals surface area (Å²) in [5, 5.41) is 3.14. The summed E-state index contributed by atoms with van der Waals surface area (Å²) in [6, 6.07) is 0. The van der Waals surface area contributed by atoms with Crippen molar-refractivity contribution in [3.8, 4) is 0 Å². The molecule has 1 amide bonds. The molecular formula is C13H27ClN2O2. The lowest BCUT2D eigenvalue weighted by molar-refractivity contribution is -0.125. The molecule has 18 heavy (non-hydrogen) atoms. The van der Waals surface area contributed by atoms with Crippen molar-refractivity contribution in [2.45, 2.75) is 57.6 Å². The van der Waals surface area contributed by atoms with Gasteiger partial charge in [-0.25, -0.2) is 0 Å². The van der Waals surface area contributed by atoms with Crippen LogP contribution in [0.1, 0.15) is 46.0 Å². The zero-order valence-corrected chi connectivity index (χ0v) is 12.5. The number of ether oxygens (including phenoxy) is 1. The Morgan fingerprint density at radius 1 is 1.50 bits per heavy atom. The van der Waals surface area contributed by atoms with Crippen LogP contribution in [0.15, 0.2) is 0 Å². The molecule has 5 heteroatoms. The normalized spacial score (nSPS) is 29.2. The summed E-state index contributed by atoms with van der Waals surface area (Å²) in [7, 11) is 1.59. The molecule has 1 atom stereocenters. The van der Waals surface area contributed by atoms with E-state index in [0.717, 1.165) is 18.8 Å². The highest BCUT2D eigenvalue weighted by molar-refractivity contribution is 5.85. The Bertz CT molecular complexity index is 249. The van der Waals surface area contributed by atoms with Gasteiger partial charge >= 0.3 is 0 Å². The highest BCUT2D eigenvalue weighted by Gasteiger charge is 2.31. The first kappa shape index (κ1) is 17.7. The van der Waals surface area contributed by atoms with Crippen molar-refractivity contribution in [3.63, 3.8) is 0 Å². The molecule has 0 aromatic rings. The van der Waals surface area contributed by atoms with Gasteiger partial charge in [-0.1, -0.05) is 6.92 Å². The zero-order chi connectivity index (χ0) is 12.9. The number of hydrogen-bond donors (Lipinski definition) is 2. The Kier molecular flexibility index (Phi) is 7.83. The number of carbonyl (C=O) groups excluding carboxylic acids is 1. The van der Waals surface area contributed by atoms with Gasteiger partial charge in [-0.2, -0.15) is 0 Å². The quantitative estimate of drug-likeness (QED) is 0.807. The van der Waals surface area contributed by atoms with Crippen LogP contribution in [0.25, 0.3) is 0 Å². The molecule has 1 aliphatic rings. The molecular weight excluding hydrogens is 252 g/mol. The molecule has 0 aromatic heterocycles. The maximum absolute atomic E-state index is 11.9. The molecule has 0 aliphatic heterocycles. The number of nitrogens with one attached hydrogen (secondary N) is 1. The van der Waals surface area contributed by atoms with Gasteiger partial charge in [0, 0.05) is 19.2 Å². The maximum Gasteiger partial charge on any atom is 0.223 e. The monoisotopic (exact) mass is 278 g/mol. The Morgan fingerprint density at radius 3 is 2.50 bits per heavy atom. The largest absolute Gasteiger partial charge is 0.380 e. The van der Waals surface area contributed by atoms with Crippen molar-refractivity contribution >= 4 is 18.3 Å². The minimum atomic E-state index is -0.166. The average molecular weight is 279 g/mol. The van der Waals surface area contributed by atoms with Crippen LogP contribution in [0.5, 0.6) is 0 Å². The van der Waals surface area contributed by atoms with Gasteiger partial charge in [0.1, 0.15) is 0 Å². The smallest absolute Gasteiger partial charge is 0.223 e. The van der Waals surface area contributed by atoms with E-state index >= 15 is 0 Å². The Hall–Kier alpha value is -0.320. The van der Waals surface area contributed by atoms with E-state index in [1.807, 2.05) is 0 Å². The lowest BCUT2D eigenvalue weighted by Gasteiger charge is -2.37. The molecule has 0 aromatic carbocycles. The first-order valence-electron chi connectivity index (χ1n) is 6.53. The number of carbonyl (C=O) groups is 1. The van der Waals surface area contributed by atoms with Crippen LogP contribution in [0.2, 0.25) is 0 Å². The first-order valence-corrected chi connectivity index (χ1v) is 6.53. The third-order valence-electron chi connectivity index (χ3n) is 3.83. The number of rotatable bonds is 5. The molecule has 0 heterocycles. The summed E-state index contributed by atoms with van der Waals surface area (Å²) in [5.74, 6) is 0.843. The average Bonchev–Trinajstić information content (AvgIpc) is 2.30. The van der Waals surface area contributed by atoms with Gasteiger partial charge in [-0.15, -0.1) is 12.4 Å².